The van der Waals surface area contributed by atoms with Crippen molar-refractivity contribution in [3.63, 3.8) is 0 Å². The number of halogens is 6. The van der Waals surface area contributed by atoms with Gasteiger partial charge in [0.1, 0.15) is 17.9 Å². The van der Waals surface area contributed by atoms with Gasteiger partial charge >= 0.3 is 12.4 Å². The standard InChI is InChI=1S/C32H42F6NO4P/c1-22-39-30(20-42-22,21-43-44(40,28(2,3)4)29(5,6)7)17-16-23-14-15-27(26(19-23)32(36,37)38)41-18-10-12-24-11-8-9-13-25(24)31(33,34)35/h8-9,11,13-15,19H,10,12,16-18,20-21H2,1-7H3. The Morgan fingerprint density at radius 1 is 0.886 bits per heavy atom. The molecule has 0 fully saturated rings. The highest BCUT2D eigenvalue weighted by Crippen LogP contribution is 2.68. The topological polar surface area (TPSA) is 57.1 Å². The largest absolute Gasteiger partial charge is 0.493 e. The van der Waals surface area contributed by atoms with Crippen LogP contribution in [0.3, 0.4) is 0 Å². The summed E-state index contributed by atoms with van der Waals surface area (Å²) in [7, 11) is -3.22. The Balaban J connectivity index is 1.73. The number of ether oxygens (including phenoxy) is 2. The average Bonchev–Trinajstić information content (AvgIpc) is 3.27. The summed E-state index contributed by atoms with van der Waals surface area (Å²) in [6.45, 7) is 12.8. The van der Waals surface area contributed by atoms with Gasteiger partial charge in [0.2, 0.25) is 7.37 Å². The van der Waals surface area contributed by atoms with Crippen LogP contribution in [-0.2, 0) is 39.0 Å². The Hall–Kier alpha value is -2.52. The van der Waals surface area contributed by atoms with Crippen molar-refractivity contribution in [3.05, 3.63) is 64.7 Å². The lowest BCUT2D eigenvalue weighted by molar-refractivity contribution is -0.139. The summed E-state index contributed by atoms with van der Waals surface area (Å²) in [5.41, 5.74) is -2.21. The number of alkyl halides is 6. The molecule has 0 bridgehead atoms. The zero-order chi connectivity index (χ0) is 33.2. The minimum absolute atomic E-state index is 0.00135. The summed E-state index contributed by atoms with van der Waals surface area (Å²) in [6, 6.07) is 8.88. The molecule has 12 heteroatoms. The minimum atomic E-state index is -4.72. The Labute approximate surface area is 255 Å². The normalized spacial score (nSPS) is 18.2. The third-order valence-electron chi connectivity index (χ3n) is 7.62. The van der Waals surface area contributed by atoms with Crippen molar-refractivity contribution in [2.75, 3.05) is 19.8 Å². The monoisotopic (exact) mass is 649 g/mol. The molecule has 44 heavy (non-hydrogen) atoms. The van der Waals surface area contributed by atoms with Gasteiger partial charge in [-0.05, 0) is 55.0 Å². The lowest BCUT2D eigenvalue weighted by Crippen LogP contribution is -2.38. The molecule has 1 heterocycles. The number of hydrogen-bond donors (Lipinski definition) is 0. The number of rotatable bonds is 11. The number of hydrogen-bond acceptors (Lipinski definition) is 5. The molecule has 2 aromatic rings. The van der Waals surface area contributed by atoms with Crippen molar-refractivity contribution < 1.29 is 44.9 Å². The minimum Gasteiger partial charge on any atom is -0.493 e. The fourth-order valence-electron chi connectivity index (χ4n) is 5.43. The van der Waals surface area contributed by atoms with E-state index in [-0.39, 0.29) is 51.1 Å². The first-order valence-corrected chi connectivity index (χ1v) is 16.1. The first-order valence-electron chi connectivity index (χ1n) is 14.5. The summed E-state index contributed by atoms with van der Waals surface area (Å²) in [4.78, 5) is 4.62. The fraction of sp³-hybridized carbons (Fsp3) is 0.594. The van der Waals surface area contributed by atoms with E-state index in [1.54, 1.807) is 6.92 Å². The molecule has 0 aromatic heterocycles. The zero-order valence-corrected chi connectivity index (χ0v) is 27.2. The van der Waals surface area contributed by atoms with Gasteiger partial charge in [0, 0.05) is 17.2 Å². The summed E-state index contributed by atoms with van der Waals surface area (Å²) in [5.74, 6) is 0.0327. The van der Waals surface area contributed by atoms with Crippen molar-refractivity contribution in [1.29, 1.82) is 0 Å². The van der Waals surface area contributed by atoms with Crippen LogP contribution in [0.2, 0.25) is 0 Å². The predicted molar refractivity (Wildman–Crippen MR) is 160 cm³/mol. The fourth-order valence-corrected chi connectivity index (χ4v) is 8.64. The zero-order valence-electron chi connectivity index (χ0n) is 26.3. The molecule has 0 radical (unpaired) electrons. The number of benzene rings is 2. The van der Waals surface area contributed by atoms with Crippen LogP contribution in [-0.4, -0.2) is 41.6 Å². The second-order valence-corrected chi connectivity index (χ2v) is 17.3. The molecule has 0 amide bonds. The average molecular weight is 650 g/mol. The molecule has 0 saturated carbocycles. The van der Waals surface area contributed by atoms with Gasteiger partial charge in [0.25, 0.3) is 0 Å². The van der Waals surface area contributed by atoms with E-state index in [1.807, 2.05) is 41.5 Å². The smallest absolute Gasteiger partial charge is 0.419 e. The molecule has 1 unspecified atom stereocenters. The van der Waals surface area contributed by atoms with E-state index in [1.165, 1.54) is 30.3 Å². The van der Waals surface area contributed by atoms with Crippen LogP contribution in [0.5, 0.6) is 5.75 Å². The SMILES string of the molecule is CC1=NC(CCc2ccc(OCCCc3ccccc3C(F)(F)F)c(C(F)(F)F)c2)(COP(=O)(C(C)(C)C)C(C)(C)C)CO1. The van der Waals surface area contributed by atoms with Gasteiger partial charge in [0.05, 0.1) is 24.3 Å². The number of aryl methyl sites for hydroxylation is 2. The van der Waals surface area contributed by atoms with Crippen LogP contribution < -0.4 is 4.74 Å². The van der Waals surface area contributed by atoms with Gasteiger partial charge in [-0.15, -0.1) is 0 Å². The molecule has 2 aromatic carbocycles. The van der Waals surface area contributed by atoms with E-state index in [0.29, 0.717) is 11.5 Å². The maximum Gasteiger partial charge on any atom is 0.419 e. The molecule has 0 saturated heterocycles. The van der Waals surface area contributed by atoms with E-state index >= 15 is 0 Å². The Morgan fingerprint density at radius 2 is 1.50 bits per heavy atom. The molecule has 0 aliphatic carbocycles. The Bertz CT molecular complexity index is 1360. The molecule has 1 atom stereocenters. The van der Waals surface area contributed by atoms with Crippen molar-refractivity contribution >= 4 is 13.3 Å². The summed E-state index contributed by atoms with van der Waals surface area (Å²) in [5, 5.41) is -1.30. The van der Waals surface area contributed by atoms with Crippen molar-refractivity contribution in [1.82, 2.24) is 0 Å². The van der Waals surface area contributed by atoms with E-state index in [9.17, 15) is 30.9 Å². The summed E-state index contributed by atoms with van der Waals surface area (Å²) < 4.78 is 113. The summed E-state index contributed by atoms with van der Waals surface area (Å²) >= 11 is 0. The lowest BCUT2D eigenvalue weighted by Gasteiger charge is -2.41. The first-order chi connectivity index (χ1) is 20.1. The molecule has 5 nitrogen and oxygen atoms in total. The van der Waals surface area contributed by atoms with Crippen LogP contribution in [0.15, 0.2) is 47.5 Å². The molecular weight excluding hydrogens is 607 g/mol. The predicted octanol–water partition coefficient (Wildman–Crippen LogP) is 9.75. The quantitative estimate of drug-likeness (QED) is 0.138. The molecule has 0 N–H and O–H groups in total. The van der Waals surface area contributed by atoms with E-state index < -0.39 is 52.4 Å². The number of nitrogens with zero attached hydrogens (tertiary/aromatic N) is 1. The Kier molecular flexibility index (Phi) is 10.7. The molecule has 1 aliphatic rings. The highest BCUT2D eigenvalue weighted by molar-refractivity contribution is 7.62. The van der Waals surface area contributed by atoms with Crippen LogP contribution in [0.25, 0.3) is 0 Å². The van der Waals surface area contributed by atoms with Gasteiger partial charge in [-0.1, -0.05) is 65.8 Å². The third-order valence-corrected chi connectivity index (χ3v) is 11.7. The first kappa shape index (κ1) is 36.0. The van der Waals surface area contributed by atoms with Gasteiger partial charge in [-0.3, -0.25) is 4.57 Å². The molecule has 3 rings (SSSR count). The van der Waals surface area contributed by atoms with Crippen molar-refractivity contribution in [2.24, 2.45) is 4.99 Å². The van der Waals surface area contributed by atoms with Gasteiger partial charge in [-0.25, -0.2) is 4.99 Å². The molecule has 0 spiro atoms. The maximum atomic E-state index is 14.1. The van der Waals surface area contributed by atoms with Gasteiger partial charge < -0.3 is 14.0 Å². The highest BCUT2D eigenvalue weighted by atomic mass is 31.2. The molecule has 1 aliphatic heterocycles. The van der Waals surface area contributed by atoms with Crippen LogP contribution in [0, 0.1) is 0 Å². The van der Waals surface area contributed by atoms with Crippen molar-refractivity contribution in [3.8, 4) is 5.75 Å². The van der Waals surface area contributed by atoms with Crippen molar-refractivity contribution in [2.45, 2.75) is 102 Å². The lowest BCUT2D eigenvalue weighted by atomic mass is 9.93. The molecule has 246 valence electrons. The molecular formula is C32H42F6NO4P. The Morgan fingerprint density at radius 3 is 2.05 bits per heavy atom. The highest BCUT2D eigenvalue weighted by Gasteiger charge is 2.50. The summed E-state index contributed by atoms with van der Waals surface area (Å²) in [6.07, 6.45) is -8.65. The van der Waals surface area contributed by atoms with E-state index in [0.717, 1.165) is 12.1 Å². The van der Waals surface area contributed by atoms with E-state index in [4.69, 9.17) is 14.0 Å². The van der Waals surface area contributed by atoms with E-state index in [2.05, 4.69) is 4.99 Å². The van der Waals surface area contributed by atoms with Crippen LogP contribution in [0.4, 0.5) is 26.3 Å². The van der Waals surface area contributed by atoms with Crippen LogP contribution >= 0.6 is 7.37 Å². The number of aliphatic imine (C=N–C) groups is 1. The maximum absolute atomic E-state index is 14.1. The van der Waals surface area contributed by atoms with Crippen LogP contribution in [0.1, 0.15) is 83.6 Å². The third kappa shape index (κ3) is 8.59. The van der Waals surface area contributed by atoms with Gasteiger partial charge in [-0.2, -0.15) is 26.3 Å². The second-order valence-electron chi connectivity index (χ2n) is 13.2. The second kappa shape index (κ2) is 13.1. The van der Waals surface area contributed by atoms with Gasteiger partial charge in [0.15, 0.2) is 5.90 Å².